The Bertz CT molecular complexity index is 486. The zero-order valence-electron chi connectivity index (χ0n) is 13.1. The van der Waals surface area contributed by atoms with Gasteiger partial charge in [0.1, 0.15) is 5.54 Å². The smallest absolute Gasteiger partial charge is 0.451 e. The Hall–Kier alpha value is -1.69. The van der Waals surface area contributed by atoms with E-state index in [9.17, 15) is 14.7 Å². The van der Waals surface area contributed by atoms with Crippen LogP contribution >= 0.6 is 0 Å². The molecule has 1 fully saturated rings. The molecule has 1 heterocycles. The van der Waals surface area contributed by atoms with Gasteiger partial charge in [-0.3, -0.25) is 9.59 Å². The number of carboxylic acid groups (broad SMARTS) is 1. The summed E-state index contributed by atoms with van der Waals surface area (Å²) in [6.07, 6.45) is 0.905. The molecule has 9 N–H and O–H groups in total. The summed E-state index contributed by atoms with van der Waals surface area (Å²) < 4.78 is 0. The summed E-state index contributed by atoms with van der Waals surface area (Å²) in [4.78, 5) is 28.1. The number of likely N-dealkylation sites (tertiary alicyclic amines) is 1. The molecule has 10 nitrogen and oxygen atoms in total. The minimum absolute atomic E-state index is 0.0871. The summed E-state index contributed by atoms with van der Waals surface area (Å²) in [5, 5.41) is 27.1. The molecular weight excluding hydrogens is 305 g/mol. The Morgan fingerprint density at radius 3 is 2.57 bits per heavy atom. The van der Waals surface area contributed by atoms with E-state index in [1.54, 1.807) is 0 Å². The molecule has 1 aliphatic heterocycles. The monoisotopic (exact) mass is 329 g/mol. The average molecular weight is 329 g/mol. The molecule has 0 aromatic heterocycles. The first-order valence-electron chi connectivity index (χ1n) is 7.35. The summed E-state index contributed by atoms with van der Waals surface area (Å²) >= 11 is 0. The summed E-state index contributed by atoms with van der Waals surface area (Å²) in [5.74, 6) is -2.36. The third kappa shape index (κ3) is 4.89. The lowest BCUT2D eigenvalue weighted by atomic mass is 9.78. The van der Waals surface area contributed by atoms with Crippen molar-refractivity contribution in [3.8, 4) is 0 Å². The van der Waals surface area contributed by atoms with Crippen LogP contribution in [0.1, 0.15) is 19.8 Å². The van der Waals surface area contributed by atoms with Crippen molar-refractivity contribution in [3.63, 3.8) is 0 Å². The van der Waals surface area contributed by atoms with Crippen LogP contribution in [0.25, 0.3) is 0 Å². The minimum atomic E-state index is -1.54. The van der Waals surface area contributed by atoms with Gasteiger partial charge in [-0.15, -0.1) is 0 Å². The molecule has 1 rings (SSSR count). The van der Waals surface area contributed by atoms with Crippen molar-refractivity contribution < 1.29 is 24.7 Å². The second-order valence-electron chi connectivity index (χ2n) is 5.93. The number of carbonyl (C=O) groups excluding carboxylic acids is 1. The van der Waals surface area contributed by atoms with Crippen LogP contribution in [-0.4, -0.2) is 69.7 Å². The molecule has 0 aliphatic carbocycles. The fraction of sp³-hybridized carbons (Fsp3) is 0.750. The lowest BCUT2D eigenvalue weighted by molar-refractivity contribution is -0.144. The molecule has 1 amide bonds. The lowest BCUT2D eigenvalue weighted by Crippen LogP contribution is -2.55. The molecule has 130 valence electrons. The van der Waals surface area contributed by atoms with Gasteiger partial charge in [-0.1, -0.05) is 6.42 Å². The van der Waals surface area contributed by atoms with Gasteiger partial charge >= 0.3 is 13.1 Å². The molecule has 1 saturated heterocycles. The standard InChI is InChI=1S/C12H24BN5O5/c1-7(14)9(19)17-11(15)18-5-8(3-2-4-13(22)23)12(16,6-18)10(20)21/h7-8,22-23H,2-6,14,16H2,1H3,(H,20,21)(H2,15,17,19). The number of hydrogen-bond acceptors (Lipinski definition) is 6. The van der Waals surface area contributed by atoms with Crippen LogP contribution in [0.3, 0.4) is 0 Å². The number of aliphatic carboxylic acids is 1. The van der Waals surface area contributed by atoms with Gasteiger partial charge in [-0.25, -0.2) is 0 Å². The predicted molar refractivity (Wildman–Crippen MR) is 84.1 cm³/mol. The Kier molecular flexibility index (Phi) is 6.51. The summed E-state index contributed by atoms with van der Waals surface area (Å²) in [7, 11) is -1.44. The van der Waals surface area contributed by atoms with Crippen molar-refractivity contribution in [3.05, 3.63) is 0 Å². The normalized spacial score (nSPS) is 26.2. The van der Waals surface area contributed by atoms with E-state index in [4.69, 9.17) is 27.2 Å². The van der Waals surface area contributed by atoms with Crippen LogP contribution in [0, 0.1) is 5.92 Å². The lowest BCUT2D eigenvalue weighted by Gasteiger charge is -2.25. The van der Waals surface area contributed by atoms with E-state index in [1.807, 2.05) is 0 Å². The predicted octanol–water partition coefficient (Wildman–Crippen LogP) is -2.86. The van der Waals surface area contributed by atoms with E-state index in [-0.39, 0.29) is 25.4 Å². The summed E-state index contributed by atoms with van der Waals surface area (Å²) in [6.45, 7) is 1.60. The van der Waals surface area contributed by atoms with Crippen LogP contribution in [0.5, 0.6) is 0 Å². The van der Waals surface area contributed by atoms with Crippen LogP contribution in [0.15, 0.2) is 4.99 Å². The Labute approximate surface area is 134 Å². The SMILES string of the molecule is CC(N)C(=O)N=C(N)N1CC(CCCB(O)O)C(N)(C(=O)O)C1. The van der Waals surface area contributed by atoms with Gasteiger partial charge in [0, 0.05) is 19.0 Å². The molecular formula is C12H24BN5O5. The first-order chi connectivity index (χ1) is 10.6. The molecule has 23 heavy (non-hydrogen) atoms. The molecule has 0 aromatic carbocycles. The maximum absolute atomic E-state index is 11.5. The van der Waals surface area contributed by atoms with Crippen molar-refractivity contribution >= 4 is 25.0 Å². The highest BCUT2D eigenvalue weighted by Crippen LogP contribution is 2.30. The van der Waals surface area contributed by atoms with E-state index in [1.165, 1.54) is 11.8 Å². The molecule has 3 atom stereocenters. The van der Waals surface area contributed by atoms with Crippen LogP contribution in [0.4, 0.5) is 0 Å². The van der Waals surface area contributed by atoms with Gasteiger partial charge in [0.25, 0.3) is 5.91 Å². The van der Waals surface area contributed by atoms with Crippen LogP contribution in [-0.2, 0) is 9.59 Å². The van der Waals surface area contributed by atoms with Crippen LogP contribution < -0.4 is 17.2 Å². The molecule has 11 heteroatoms. The molecule has 0 radical (unpaired) electrons. The third-order valence-electron chi connectivity index (χ3n) is 3.97. The number of hydrogen-bond donors (Lipinski definition) is 6. The zero-order valence-corrected chi connectivity index (χ0v) is 13.1. The minimum Gasteiger partial charge on any atom is -0.480 e. The summed E-state index contributed by atoms with van der Waals surface area (Å²) in [6, 6.07) is -0.805. The zero-order chi connectivity index (χ0) is 17.8. The van der Waals surface area contributed by atoms with E-state index in [2.05, 4.69) is 4.99 Å². The molecule has 0 bridgehead atoms. The highest BCUT2D eigenvalue weighted by molar-refractivity contribution is 6.40. The second-order valence-corrected chi connectivity index (χ2v) is 5.93. The van der Waals surface area contributed by atoms with E-state index >= 15 is 0 Å². The topological polar surface area (TPSA) is 188 Å². The van der Waals surface area contributed by atoms with Crippen LogP contribution in [0.2, 0.25) is 6.32 Å². The molecule has 0 spiro atoms. The highest BCUT2D eigenvalue weighted by atomic mass is 16.4. The summed E-state index contributed by atoms with van der Waals surface area (Å²) in [5.41, 5.74) is 15.6. The maximum Gasteiger partial charge on any atom is 0.451 e. The quantitative estimate of drug-likeness (QED) is 0.169. The van der Waals surface area contributed by atoms with E-state index < -0.39 is 36.5 Å². The van der Waals surface area contributed by atoms with Crippen molar-refractivity contribution in [2.24, 2.45) is 28.1 Å². The van der Waals surface area contributed by atoms with Crippen molar-refractivity contribution in [2.75, 3.05) is 13.1 Å². The van der Waals surface area contributed by atoms with Gasteiger partial charge in [0.15, 0.2) is 5.96 Å². The highest BCUT2D eigenvalue weighted by Gasteiger charge is 2.49. The molecule has 1 aliphatic rings. The Balaban J connectivity index is 2.83. The first-order valence-corrected chi connectivity index (χ1v) is 7.35. The Morgan fingerprint density at radius 2 is 2.09 bits per heavy atom. The van der Waals surface area contributed by atoms with Crippen molar-refractivity contribution in [1.29, 1.82) is 0 Å². The largest absolute Gasteiger partial charge is 0.480 e. The first kappa shape index (κ1) is 19.4. The van der Waals surface area contributed by atoms with Gasteiger partial charge in [0.05, 0.1) is 6.04 Å². The van der Waals surface area contributed by atoms with Crippen molar-refractivity contribution in [2.45, 2.75) is 37.7 Å². The average Bonchev–Trinajstić information content (AvgIpc) is 2.77. The number of aliphatic imine (C=N–C) groups is 1. The number of carboxylic acids is 1. The Morgan fingerprint density at radius 1 is 1.48 bits per heavy atom. The van der Waals surface area contributed by atoms with E-state index in [0.29, 0.717) is 12.8 Å². The molecule has 3 unspecified atom stereocenters. The van der Waals surface area contributed by atoms with E-state index in [0.717, 1.165) is 0 Å². The number of carbonyl (C=O) groups is 2. The number of nitrogens with two attached hydrogens (primary N) is 3. The van der Waals surface area contributed by atoms with Gasteiger partial charge in [-0.2, -0.15) is 4.99 Å². The number of rotatable bonds is 6. The van der Waals surface area contributed by atoms with Crippen molar-refractivity contribution in [1.82, 2.24) is 4.90 Å². The molecule has 0 aromatic rings. The van der Waals surface area contributed by atoms with Gasteiger partial charge < -0.3 is 37.3 Å². The fourth-order valence-corrected chi connectivity index (χ4v) is 2.54. The fourth-order valence-electron chi connectivity index (χ4n) is 2.54. The second kappa shape index (κ2) is 7.73. The third-order valence-corrected chi connectivity index (χ3v) is 3.97. The maximum atomic E-state index is 11.5. The number of amides is 1. The molecule has 0 saturated carbocycles. The van der Waals surface area contributed by atoms with Gasteiger partial charge in [0.2, 0.25) is 0 Å². The van der Waals surface area contributed by atoms with Gasteiger partial charge in [-0.05, 0) is 19.7 Å². The number of guanidine groups is 1. The number of nitrogens with zero attached hydrogens (tertiary/aromatic N) is 2.